The van der Waals surface area contributed by atoms with Crippen LogP contribution in [0.5, 0.6) is 5.75 Å². The van der Waals surface area contributed by atoms with E-state index in [2.05, 4.69) is 21.4 Å². The Morgan fingerprint density at radius 1 is 1.29 bits per heavy atom. The Kier molecular flexibility index (Phi) is 5.37. The first-order valence-electron chi connectivity index (χ1n) is 7.09. The van der Waals surface area contributed by atoms with Crippen molar-refractivity contribution >= 4 is 5.91 Å². The van der Waals surface area contributed by atoms with Crippen LogP contribution in [-0.4, -0.2) is 29.0 Å². The Hall–Kier alpha value is -2.30. The van der Waals surface area contributed by atoms with E-state index in [0.29, 0.717) is 26.0 Å². The Balaban J connectivity index is 1.64. The number of nitrogens with zero attached hydrogens (tertiary/aromatic N) is 1. The van der Waals surface area contributed by atoms with Gasteiger partial charge in [-0.15, -0.1) is 0 Å². The standard InChI is InChI=1S/C16H21N3O2/c1-12-9-13(2)11-14(10-12)21-8-4-16(20)19-5-3-15-17-6-7-18-15/h6-7,9-11H,3-5,8H2,1-2H3,(H,17,18)(H,19,20). The van der Waals surface area contributed by atoms with Gasteiger partial charge in [0.2, 0.25) is 5.91 Å². The molecule has 2 rings (SSSR count). The molecule has 112 valence electrons. The number of aromatic amines is 1. The van der Waals surface area contributed by atoms with E-state index in [0.717, 1.165) is 22.7 Å². The predicted octanol–water partition coefficient (Wildman–Crippen LogP) is 2.15. The zero-order valence-corrected chi connectivity index (χ0v) is 12.5. The van der Waals surface area contributed by atoms with Crippen molar-refractivity contribution in [2.24, 2.45) is 0 Å². The summed E-state index contributed by atoms with van der Waals surface area (Å²) in [6.07, 6.45) is 4.53. The maximum absolute atomic E-state index is 11.7. The molecule has 0 atom stereocenters. The van der Waals surface area contributed by atoms with E-state index in [1.165, 1.54) is 0 Å². The molecule has 0 radical (unpaired) electrons. The number of aryl methyl sites for hydroxylation is 2. The number of ether oxygens (including phenoxy) is 1. The van der Waals surface area contributed by atoms with Crippen LogP contribution in [0.3, 0.4) is 0 Å². The molecule has 2 aromatic rings. The second-order valence-electron chi connectivity index (χ2n) is 5.06. The minimum absolute atomic E-state index is 0.00840. The maximum Gasteiger partial charge on any atom is 0.223 e. The second-order valence-corrected chi connectivity index (χ2v) is 5.06. The highest BCUT2D eigenvalue weighted by Gasteiger charge is 2.03. The molecule has 21 heavy (non-hydrogen) atoms. The van der Waals surface area contributed by atoms with Gasteiger partial charge in [-0.3, -0.25) is 4.79 Å². The number of nitrogens with one attached hydrogen (secondary N) is 2. The van der Waals surface area contributed by atoms with Crippen LogP contribution in [0.4, 0.5) is 0 Å². The molecule has 0 spiro atoms. The SMILES string of the molecule is Cc1cc(C)cc(OCCC(=O)NCCc2ncc[nH]2)c1. The summed E-state index contributed by atoms with van der Waals surface area (Å²) in [6.45, 7) is 5.02. The zero-order valence-electron chi connectivity index (χ0n) is 12.5. The highest BCUT2D eigenvalue weighted by molar-refractivity contribution is 5.75. The highest BCUT2D eigenvalue weighted by atomic mass is 16.5. The van der Waals surface area contributed by atoms with Gasteiger partial charge in [0.15, 0.2) is 0 Å². The largest absolute Gasteiger partial charge is 0.493 e. The van der Waals surface area contributed by atoms with E-state index >= 15 is 0 Å². The van der Waals surface area contributed by atoms with Crippen LogP contribution in [0.1, 0.15) is 23.4 Å². The van der Waals surface area contributed by atoms with Crippen molar-refractivity contribution in [2.45, 2.75) is 26.7 Å². The van der Waals surface area contributed by atoms with Crippen LogP contribution < -0.4 is 10.1 Å². The first kappa shape index (κ1) is 15.1. The average molecular weight is 287 g/mol. The topological polar surface area (TPSA) is 67.0 Å². The molecule has 1 heterocycles. The molecular formula is C16H21N3O2. The number of carbonyl (C=O) groups is 1. The first-order chi connectivity index (χ1) is 10.1. The van der Waals surface area contributed by atoms with Gasteiger partial charge in [-0.05, 0) is 37.1 Å². The van der Waals surface area contributed by atoms with Gasteiger partial charge in [-0.25, -0.2) is 4.98 Å². The third-order valence-electron chi connectivity index (χ3n) is 3.03. The average Bonchev–Trinajstić information content (AvgIpc) is 2.91. The van der Waals surface area contributed by atoms with Gasteiger partial charge in [0.25, 0.3) is 0 Å². The van der Waals surface area contributed by atoms with Gasteiger partial charge in [0.1, 0.15) is 11.6 Å². The fourth-order valence-electron chi connectivity index (χ4n) is 2.12. The fourth-order valence-corrected chi connectivity index (χ4v) is 2.12. The number of H-pyrrole nitrogens is 1. The number of carbonyl (C=O) groups excluding carboxylic acids is 1. The number of hydrogen-bond acceptors (Lipinski definition) is 3. The maximum atomic E-state index is 11.7. The summed E-state index contributed by atoms with van der Waals surface area (Å²) in [5.74, 6) is 1.68. The van der Waals surface area contributed by atoms with Crippen molar-refractivity contribution in [1.82, 2.24) is 15.3 Å². The van der Waals surface area contributed by atoms with E-state index in [9.17, 15) is 4.79 Å². The lowest BCUT2D eigenvalue weighted by Crippen LogP contribution is -2.27. The Bertz CT molecular complexity index is 559. The predicted molar refractivity (Wildman–Crippen MR) is 81.3 cm³/mol. The highest BCUT2D eigenvalue weighted by Crippen LogP contribution is 2.16. The number of rotatable bonds is 7. The molecule has 0 fully saturated rings. The zero-order chi connectivity index (χ0) is 15.1. The quantitative estimate of drug-likeness (QED) is 0.820. The molecule has 0 aliphatic carbocycles. The molecule has 0 aliphatic rings. The van der Waals surface area contributed by atoms with E-state index in [4.69, 9.17) is 4.74 Å². The smallest absolute Gasteiger partial charge is 0.223 e. The molecule has 1 aromatic heterocycles. The summed E-state index contributed by atoms with van der Waals surface area (Å²) in [5, 5.41) is 2.85. The molecule has 0 unspecified atom stereocenters. The minimum atomic E-state index is -0.00840. The normalized spacial score (nSPS) is 10.4. The van der Waals surface area contributed by atoms with Crippen molar-refractivity contribution in [2.75, 3.05) is 13.2 Å². The van der Waals surface area contributed by atoms with Crippen molar-refractivity contribution < 1.29 is 9.53 Å². The van der Waals surface area contributed by atoms with Crippen LogP contribution in [-0.2, 0) is 11.2 Å². The van der Waals surface area contributed by atoms with Crippen LogP contribution in [0.15, 0.2) is 30.6 Å². The Morgan fingerprint density at radius 2 is 2.05 bits per heavy atom. The molecule has 1 aromatic carbocycles. The molecule has 0 bridgehead atoms. The molecular weight excluding hydrogens is 266 g/mol. The summed E-state index contributed by atoms with van der Waals surface area (Å²) in [4.78, 5) is 18.8. The second kappa shape index (κ2) is 7.47. The summed E-state index contributed by atoms with van der Waals surface area (Å²) in [7, 11) is 0. The van der Waals surface area contributed by atoms with Crippen LogP contribution in [0.25, 0.3) is 0 Å². The molecule has 1 amide bonds. The van der Waals surface area contributed by atoms with E-state index < -0.39 is 0 Å². The summed E-state index contributed by atoms with van der Waals surface area (Å²) in [5.41, 5.74) is 2.32. The number of amides is 1. The van der Waals surface area contributed by atoms with Gasteiger partial charge >= 0.3 is 0 Å². The van der Waals surface area contributed by atoms with Gasteiger partial charge in [0, 0.05) is 25.4 Å². The number of hydrogen-bond donors (Lipinski definition) is 2. The van der Waals surface area contributed by atoms with Gasteiger partial charge in [-0.1, -0.05) is 6.07 Å². The molecule has 2 N–H and O–H groups in total. The number of imidazole rings is 1. The fraction of sp³-hybridized carbons (Fsp3) is 0.375. The molecule has 0 aliphatic heterocycles. The lowest BCUT2D eigenvalue weighted by atomic mass is 10.1. The summed E-state index contributed by atoms with van der Waals surface area (Å²) in [6, 6.07) is 6.04. The van der Waals surface area contributed by atoms with E-state index in [1.54, 1.807) is 12.4 Å². The first-order valence-corrected chi connectivity index (χ1v) is 7.09. The molecule has 5 heteroatoms. The lowest BCUT2D eigenvalue weighted by Gasteiger charge is -2.08. The summed E-state index contributed by atoms with van der Waals surface area (Å²) < 4.78 is 5.61. The Morgan fingerprint density at radius 3 is 2.71 bits per heavy atom. The van der Waals surface area contributed by atoms with Gasteiger partial charge in [-0.2, -0.15) is 0 Å². The van der Waals surface area contributed by atoms with Crippen molar-refractivity contribution in [3.63, 3.8) is 0 Å². The van der Waals surface area contributed by atoms with Crippen molar-refractivity contribution in [1.29, 1.82) is 0 Å². The van der Waals surface area contributed by atoms with Crippen LogP contribution in [0.2, 0.25) is 0 Å². The number of aromatic nitrogens is 2. The Labute approximate surface area is 124 Å². The minimum Gasteiger partial charge on any atom is -0.493 e. The summed E-state index contributed by atoms with van der Waals surface area (Å²) >= 11 is 0. The molecule has 5 nitrogen and oxygen atoms in total. The van der Waals surface area contributed by atoms with Crippen LogP contribution >= 0.6 is 0 Å². The third kappa shape index (κ3) is 5.30. The monoisotopic (exact) mass is 287 g/mol. The molecule has 0 saturated carbocycles. The van der Waals surface area contributed by atoms with Crippen LogP contribution in [0, 0.1) is 13.8 Å². The molecule has 0 saturated heterocycles. The van der Waals surface area contributed by atoms with E-state index in [-0.39, 0.29) is 5.91 Å². The van der Waals surface area contributed by atoms with Crippen molar-refractivity contribution in [3.8, 4) is 5.75 Å². The third-order valence-corrected chi connectivity index (χ3v) is 3.03. The van der Waals surface area contributed by atoms with Gasteiger partial charge < -0.3 is 15.0 Å². The number of benzene rings is 1. The lowest BCUT2D eigenvalue weighted by molar-refractivity contribution is -0.121. The van der Waals surface area contributed by atoms with Gasteiger partial charge in [0.05, 0.1) is 13.0 Å². The van der Waals surface area contributed by atoms with E-state index in [1.807, 2.05) is 26.0 Å². The van der Waals surface area contributed by atoms with Crippen molar-refractivity contribution in [3.05, 3.63) is 47.5 Å².